The van der Waals surface area contributed by atoms with Gasteiger partial charge in [0.05, 0.1) is 6.61 Å². The minimum atomic E-state index is 0.590. The van der Waals surface area contributed by atoms with Gasteiger partial charge in [0.1, 0.15) is 5.75 Å². The van der Waals surface area contributed by atoms with Gasteiger partial charge in [-0.2, -0.15) is 0 Å². The van der Waals surface area contributed by atoms with Gasteiger partial charge in [-0.05, 0) is 30.0 Å². The van der Waals surface area contributed by atoms with E-state index in [1.807, 2.05) is 12.1 Å². The number of hydrogen-bond acceptors (Lipinski definition) is 1. The van der Waals surface area contributed by atoms with Crippen LogP contribution in [0, 0.1) is 0 Å². The molecule has 0 saturated carbocycles. The topological polar surface area (TPSA) is 9.23 Å². The van der Waals surface area contributed by atoms with Crippen molar-refractivity contribution in [3.63, 3.8) is 0 Å². The third kappa shape index (κ3) is 1.29. The minimum Gasteiger partial charge on any atom is -0.493 e. The molecule has 0 unspecified atom stereocenters. The monoisotopic (exact) mass is 182 g/mol. The predicted molar refractivity (Wildman–Crippen MR) is 49.8 cm³/mol. The van der Waals surface area contributed by atoms with Crippen molar-refractivity contribution < 1.29 is 4.74 Å². The zero-order valence-electron chi connectivity index (χ0n) is 6.85. The van der Waals surface area contributed by atoms with E-state index in [2.05, 4.69) is 6.07 Å². The molecule has 0 radical (unpaired) electrons. The maximum absolute atomic E-state index is 5.81. The van der Waals surface area contributed by atoms with E-state index in [0.29, 0.717) is 5.88 Å². The molecule has 0 aliphatic carbocycles. The molecule has 1 aromatic rings. The van der Waals surface area contributed by atoms with Crippen LogP contribution in [0.5, 0.6) is 5.75 Å². The molecule has 0 amide bonds. The number of rotatable bonds is 1. The second kappa shape index (κ2) is 3.36. The van der Waals surface area contributed by atoms with Crippen molar-refractivity contribution >= 4 is 11.6 Å². The van der Waals surface area contributed by atoms with Gasteiger partial charge in [-0.15, -0.1) is 11.6 Å². The number of ether oxygens (including phenoxy) is 1. The summed E-state index contributed by atoms with van der Waals surface area (Å²) in [5, 5.41) is 0. The van der Waals surface area contributed by atoms with Gasteiger partial charge in [-0.25, -0.2) is 0 Å². The summed E-state index contributed by atoms with van der Waals surface area (Å²) in [7, 11) is 0. The van der Waals surface area contributed by atoms with E-state index in [9.17, 15) is 0 Å². The standard InChI is InChI=1S/C10H11ClO/c11-7-8-3-1-5-10-9(8)4-2-6-12-10/h1,3,5H,2,4,6-7H2. The van der Waals surface area contributed by atoms with Crippen LogP contribution >= 0.6 is 11.6 Å². The van der Waals surface area contributed by atoms with Crippen LogP contribution in [-0.2, 0) is 12.3 Å². The Morgan fingerprint density at radius 2 is 2.33 bits per heavy atom. The molecule has 2 rings (SSSR count). The van der Waals surface area contributed by atoms with Gasteiger partial charge in [0.15, 0.2) is 0 Å². The van der Waals surface area contributed by atoms with E-state index in [-0.39, 0.29) is 0 Å². The van der Waals surface area contributed by atoms with Crippen LogP contribution < -0.4 is 4.74 Å². The smallest absolute Gasteiger partial charge is 0.122 e. The molecule has 0 atom stereocenters. The fraction of sp³-hybridized carbons (Fsp3) is 0.400. The lowest BCUT2D eigenvalue weighted by atomic mass is 10.0. The first kappa shape index (κ1) is 7.93. The van der Waals surface area contributed by atoms with Crippen molar-refractivity contribution in [2.45, 2.75) is 18.7 Å². The molecule has 1 heterocycles. The normalized spacial score (nSPS) is 15.1. The second-order valence-electron chi connectivity index (χ2n) is 2.98. The van der Waals surface area contributed by atoms with Gasteiger partial charge < -0.3 is 4.74 Å². The third-order valence-electron chi connectivity index (χ3n) is 2.20. The lowest BCUT2D eigenvalue weighted by Gasteiger charge is -2.19. The molecule has 0 bridgehead atoms. The Morgan fingerprint density at radius 1 is 1.42 bits per heavy atom. The van der Waals surface area contributed by atoms with Crippen LogP contribution in [0.25, 0.3) is 0 Å². The largest absolute Gasteiger partial charge is 0.493 e. The van der Waals surface area contributed by atoms with Crippen LogP contribution in [-0.4, -0.2) is 6.61 Å². The predicted octanol–water partition coefficient (Wildman–Crippen LogP) is 2.75. The number of halogens is 1. The summed E-state index contributed by atoms with van der Waals surface area (Å²) in [6, 6.07) is 6.09. The number of benzene rings is 1. The summed E-state index contributed by atoms with van der Waals surface area (Å²) >= 11 is 5.81. The molecule has 1 aliphatic heterocycles. The quantitative estimate of drug-likeness (QED) is 0.607. The number of fused-ring (bicyclic) bond motifs is 1. The summed E-state index contributed by atoms with van der Waals surface area (Å²) < 4.78 is 5.51. The van der Waals surface area contributed by atoms with Crippen molar-refractivity contribution in [3.8, 4) is 5.75 Å². The Balaban J connectivity index is 2.44. The number of alkyl halides is 1. The highest BCUT2D eigenvalue weighted by molar-refractivity contribution is 6.17. The van der Waals surface area contributed by atoms with Crippen LogP contribution in [0.3, 0.4) is 0 Å². The first-order chi connectivity index (χ1) is 5.92. The minimum absolute atomic E-state index is 0.590. The lowest BCUT2D eigenvalue weighted by molar-refractivity contribution is 0.288. The van der Waals surface area contributed by atoms with E-state index >= 15 is 0 Å². The Labute approximate surface area is 77.3 Å². The van der Waals surface area contributed by atoms with E-state index in [1.54, 1.807) is 0 Å². The third-order valence-corrected chi connectivity index (χ3v) is 2.49. The maximum Gasteiger partial charge on any atom is 0.122 e. The average molecular weight is 183 g/mol. The van der Waals surface area contributed by atoms with E-state index in [1.165, 1.54) is 11.1 Å². The molecule has 1 aromatic carbocycles. The van der Waals surface area contributed by atoms with Gasteiger partial charge in [0.2, 0.25) is 0 Å². The zero-order chi connectivity index (χ0) is 8.39. The Hall–Kier alpha value is -0.690. The number of hydrogen-bond donors (Lipinski definition) is 0. The lowest BCUT2D eigenvalue weighted by Crippen LogP contribution is -2.09. The Kier molecular flexibility index (Phi) is 2.22. The second-order valence-corrected chi connectivity index (χ2v) is 3.25. The van der Waals surface area contributed by atoms with Crippen molar-refractivity contribution in [2.75, 3.05) is 6.61 Å². The highest BCUT2D eigenvalue weighted by atomic mass is 35.5. The van der Waals surface area contributed by atoms with E-state index in [4.69, 9.17) is 16.3 Å². The van der Waals surface area contributed by atoms with Gasteiger partial charge in [0.25, 0.3) is 0 Å². The molecule has 2 heteroatoms. The molecule has 0 spiro atoms. The summed E-state index contributed by atoms with van der Waals surface area (Å²) in [5.74, 6) is 1.62. The summed E-state index contributed by atoms with van der Waals surface area (Å²) in [5.41, 5.74) is 2.52. The first-order valence-electron chi connectivity index (χ1n) is 4.21. The van der Waals surface area contributed by atoms with Crippen LogP contribution in [0.1, 0.15) is 17.5 Å². The molecule has 0 saturated heterocycles. The summed E-state index contributed by atoms with van der Waals surface area (Å²) in [4.78, 5) is 0. The van der Waals surface area contributed by atoms with Gasteiger partial charge in [-0.3, -0.25) is 0 Å². The average Bonchev–Trinajstić information content (AvgIpc) is 2.17. The molecule has 64 valence electrons. The fourth-order valence-electron chi connectivity index (χ4n) is 1.59. The fourth-order valence-corrected chi connectivity index (χ4v) is 1.84. The van der Waals surface area contributed by atoms with Gasteiger partial charge >= 0.3 is 0 Å². The van der Waals surface area contributed by atoms with Crippen molar-refractivity contribution in [1.29, 1.82) is 0 Å². The van der Waals surface area contributed by atoms with Crippen molar-refractivity contribution in [2.24, 2.45) is 0 Å². The van der Waals surface area contributed by atoms with Crippen LogP contribution in [0.2, 0.25) is 0 Å². The molecule has 0 N–H and O–H groups in total. The molecule has 0 aromatic heterocycles. The van der Waals surface area contributed by atoms with Crippen molar-refractivity contribution in [1.82, 2.24) is 0 Å². The molecular weight excluding hydrogens is 172 g/mol. The SMILES string of the molecule is ClCc1cccc2c1CCCO2. The Bertz CT molecular complexity index is 269. The zero-order valence-corrected chi connectivity index (χ0v) is 7.60. The van der Waals surface area contributed by atoms with E-state index < -0.39 is 0 Å². The van der Waals surface area contributed by atoms with Crippen LogP contribution in [0.4, 0.5) is 0 Å². The van der Waals surface area contributed by atoms with E-state index in [0.717, 1.165) is 25.2 Å². The maximum atomic E-state index is 5.81. The molecular formula is C10H11ClO. The van der Waals surface area contributed by atoms with Gasteiger partial charge in [0, 0.05) is 5.88 Å². The summed E-state index contributed by atoms with van der Waals surface area (Å²) in [6.07, 6.45) is 2.22. The summed E-state index contributed by atoms with van der Waals surface area (Å²) in [6.45, 7) is 0.846. The molecule has 1 nitrogen and oxygen atoms in total. The highest BCUT2D eigenvalue weighted by Crippen LogP contribution is 2.28. The van der Waals surface area contributed by atoms with Gasteiger partial charge in [-0.1, -0.05) is 12.1 Å². The molecule has 1 aliphatic rings. The van der Waals surface area contributed by atoms with Crippen molar-refractivity contribution in [3.05, 3.63) is 29.3 Å². The Morgan fingerprint density at radius 3 is 3.17 bits per heavy atom. The molecule has 12 heavy (non-hydrogen) atoms. The van der Waals surface area contributed by atoms with Crippen LogP contribution in [0.15, 0.2) is 18.2 Å². The molecule has 0 fully saturated rings. The highest BCUT2D eigenvalue weighted by Gasteiger charge is 2.12. The first-order valence-corrected chi connectivity index (χ1v) is 4.75.